The van der Waals surface area contributed by atoms with Crippen LogP contribution in [0, 0.1) is 6.92 Å². The fourth-order valence-electron chi connectivity index (χ4n) is 7.74. The summed E-state index contributed by atoms with van der Waals surface area (Å²) in [7, 11) is 2.22. The molecule has 3 aromatic rings. The van der Waals surface area contributed by atoms with E-state index in [0.29, 0.717) is 30.6 Å². The van der Waals surface area contributed by atoms with Crippen molar-refractivity contribution in [2.75, 3.05) is 36.5 Å². The van der Waals surface area contributed by atoms with Crippen LogP contribution in [-0.2, 0) is 16.6 Å². The molecule has 4 heterocycles. The number of hydrogen-bond donors (Lipinski definition) is 0. The Hall–Kier alpha value is -3.64. The van der Waals surface area contributed by atoms with E-state index in [-0.39, 0.29) is 17.2 Å². The Balaban J connectivity index is 1.13. The van der Waals surface area contributed by atoms with Gasteiger partial charge in [0.2, 0.25) is 5.91 Å². The lowest BCUT2D eigenvalue weighted by molar-refractivity contribution is -0.117. The summed E-state index contributed by atoms with van der Waals surface area (Å²) in [6.07, 6.45) is 4.55. The summed E-state index contributed by atoms with van der Waals surface area (Å²) in [5, 5.41) is 0. The van der Waals surface area contributed by atoms with Crippen LogP contribution in [0.15, 0.2) is 54.6 Å². The maximum atomic E-state index is 13.8. The molecule has 0 radical (unpaired) electrons. The van der Waals surface area contributed by atoms with Gasteiger partial charge in [-0.25, -0.2) is 0 Å². The second-order valence-electron chi connectivity index (χ2n) is 12.8. The fraction of sp³-hybridized carbons (Fsp3) is 0.429. The van der Waals surface area contributed by atoms with Gasteiger partial charge in [-0.1, -0.05) is 18.2 Å². The Morgan fingerprint density at radius 1 is 0.951 bits per heavy atom. The van der Waals surface area contributed by atoms with Crippen LogP contribution < -0.4 is 14.5 Å². The zero-order chi connectivity index (χ0) is 28.5. The first-order valence-corrected chi connectivity index (χ1v) is 15.1. The van der Waals surface area contributed by atoms with Gasteiger partial charge in [0, 0.05) is 59.5 Å². The number of piperidine rings is 1. The third-order valence-electron chi connectivity index (χ3n) is 10.2. The minimum absolute atomic E-state index is 0.0180. The van der Waals surface area contributed by atoms with E-state index < -0.39 is 0 Å². The van der Waals surface area contributed by atoms with Crippen molar-refractivity contribution >= 4 is 23.2 Å². The Labute approximate surface area is 242 Å². The number of hydrogen-bond acceptors (Lipinski definition) is 4. The lowest BCUT2D eigenvalue weighted by atomic mass is 9.69. The highest BCUT2D eigenvalue weighted by Crippen LogP contribution is 2.51. The van der Waals surface area contributed by atoms with Gasteiger partial charge in [0.15, 0.2) is 0 Å². The molecule has 212 valence electrons. The van der Waals surface area contributed by atoms with Gasteiger partial charge in [-0.15, -0.1) is 0 Å². The third kappa shape index (κ3) is 4.26. The number of amides is 2. The van der Waals surface area contributed by atoms with Gasteiger partial charge in [-0.2, -0.15) is 0 Å². The monoisotopic (exact) mass is 549 g/mol. The van der Waals surface area contributed by atoms with Gasteiger partial charge in [-0.3, -0.25) is 9.59 Å². The van der Waals surface area contributed by atoms with Crippen LogP contribution in [0.25, 0.3) is 11.1 Å². The minimum Gasteiger partial charge on any atom is -0.492 e. The van der Waals surface area contributed by atoms with E-state index in [1.807, 2.05) is 40.1 Å². The summed E-state index contributed by atoms with van der Waals surface area (Å²) in [6, 6.07) is 19.7. The SMILES string of the molecule is Cc1cc(N2CCCC2=O)ccc1-c1ccc(C(=O)N2CCc3cc4c(cc32)C2(CO4)CC(C)N(C)C(C)C2)cc1. The first kappa shape index (κ1) is 26.3. The van der Waals surface area contributed by atoms with Crippen LogP contribution in [0.1, 0.15) is 66.6 Å². The van der Waals surface area contributed by atoms with Gasteiger partial charge in [0.05, 0.1) is 6.61 Å². The molecule has 2 atom stereocenters. The predicted octanol–water partition coefficient (Wildman–Crippen LogP) is 6.12. The van der Waals surface area contributed by atoms with Gasteiger partial charge < -0.3 is 19.4 Å². The summed E-state index contributed by atoms with van der Waals surface area (Å²) in [5.41, 5.74) is 8.53. The van der Waals surface area contributed by atoms with Crippen LogP contribution in [0.2, 0.25) is 0 Å². The third-order valence-corrected chi connectivity index (χ3v) is 10.2. The molecule has 2 amide bonds. The Morgan fingerprint density at radius 3 is 2.39 bits per heavy atom. The number of carbonyl (C=O) groups is 2. The van der Waals surface area contributed by atoms with Gasteiger partial charge in [0.1, 0.15) is 5.75 Å². The van der Waals surface area contributed by atoms with Gasteiger partial charge in [-0.05, 0) is 112 Å². The number of nitrogens with zero attached hydrogens (tertiary/aromatic N) is 3. The molecule has 1 spiro atoms. The van der Waals surface area contributed by atoms with Crippen molar-refractivity contribution in [3.8, 4) is 16.9 Å². The highest BCUT2D eigenvalue weighted by molar-refractivity contribution is 6.07. The molecule has 3 aromatic carbocycles. The molecule has 4 aliphatic heterocycles. The molecule has 2 saturated heterocycles. The maximum Gasteiger partial charge on any atom is 0.258 e. The number of benzene rings is 3. The molecule has 2 fully saturated rings. The molecule has 2 unspecified atom stereocenters. The maximum absolute atomic E-state index is 13.8. The molecule has 0 aromatic heterocycles. The summed E-state index contributed by atoms with van der Waals surface area (Å²) in [5.74, 6) is 1.27. The van der Waals surface area contributed by atoms with Gasteiger partial charge in [0.25, 0.3) is 5.91 Å². The quantitative estimate of drug-likeness (QED) is 0.395. The number of rotatable bonds is 3. The highest BCUT2D eigenvalue weighted by atomic mass is 16.5. The molecule has 0 N–H and O–H groups in total. The molecule has 0 saturated carbocycles. The van der Waals surface area contributed by atoms with Crippen molar-refractivity contribution in [3.05, 3.63) is 76.9 Å². The van der Waals surface area contributed by atoms with Crippen molar-refractivity contribution in [1.29, 1.82) is 0 Å². The summed E-state index contributed by atoms with van der Waals surface area (Å²) < 4.78 is 6.29. The summed E-state index contributed by atoms with van der Waals surface area (Å²) in [6.45, 7) is 8.93. The first-order chi connectivity index (χ1) is 19.7. The van der Waals surface area contributed by atoms with E-state index in [9.17, 15) is 9.59 Å². The van der Waals surface area contributed by atoms with Crippen molar-refractivity contribution < 1.29 is 14.3 Å². The Bertz CT molecular complexity index is 1530. The fourth-order valence-corrected chi connectivity index (χ4v) is 7.74. The number of fused-ring (bicyclic) bond motifs is 3. The van der Waals surface area contributed by atoms with Gasteiger partial charge >= 0.3 is 0 Å². The van der Waals surface area contributed by atoms with Crippen LogP contribution in [0.3, 0.4) is 0 Å². The number of ether oxygens (including phenoxy) is 1. The zero-order valence-corrected chi connectivity index (χ0v) is 24.6. The Kier molecular flexibility index (Phi) is 6.23. The predicted molar refractivity (Wildman–Crippen MR) is 163 cm³/mol. The second kappa shape index (κ2) is 9.73. The highest BCUT2D eigenvalue weighted by Gasteiger charge is 2.48. The molecular formula is C35H39N3O3. The second-order valence-corrected chi connectivity index (χ2v) is 12.8. The van der Waals surface area contributed by atoms with E-state index in [0.717, 1.165) is 72.6 Å². The summed E-state index contributed by atoms with van der Waals surface area (Å²) >= 11 is 0. The lowest BCUT2D eigenvalue weighted by Crippen LogP contribution is -2.51. The molecule has 0 aliphatic carbocycles. The standard InChI is InChI=1S/C35H39N3O3/c1-22-16-28(37-14-5-6-33(37)39)11-12-29(22)25-7-9-26(10-8-25)34(40)38-15-13-27-17-32-30(18-31(27)38)35(21-41-32)19-23(2)36(4)24(3)20-35/h7-12,16-18,23-24H,5-6,13-15,19-21H2,1-4H3. The molecule has 4 aliphatic rings. The van der Waals surface area contributed by atoms with Crippen LogP contribution in [0.4, 0.5) is 11.4 Å². The number of carbonyl (C=O) groups excluding carboxylic acids is 2. The normalized spacial score (nSPS) is 25.5. The molecular weight excluding hydrogens is 510 g/mol. The van der Waals surface area contributed by atoms with Crippen LogP contribution in [0.5, 0.6) is 5.75 Å². The van der Waals surface area contributed by atoms with E-state index in [2.05, 4.69) is 57.0 Å². The van der Waals surface area contributed by atoms with Crippen LogP contribution in [-0.4, -0.2) is 55.5 Å². The number of likely N-dealkylation sites (tertiary alicyclic amines) is 1. The topological polar surface area (TPSA) is 53.1 Å². The lowest BCUT2D eigenvalue weighted by Gasteiger charge is -2.45. The molecule has 41 heavy (non-hydrogen) atoms. The number of aryl methyl sites for hydroxylation is 1. The average Bonchev–Trinajstić information content (AvgIpc) is 3.67. The van der Waals surface area contributed by atoms with E-state index in [1.54, 1.807) is 0 Å². The minimum atomic E-state index is 0.0180. The van der Waals surface area contributed by atoms with Crippen LogP contribution >= 0.6 is 0 Å². The summed E-state index contributed by atoms with van der Waals surface area (Å²) in [4.78, 5) is 32.3. The zero-order valence-electron chi connectivity index (χ0n) is 24.6. The van der Waals surface area contributed by atoms with E-state index in [1.165, 1.54) is 11.1 Å². The molecule has 7 rings (SSSR count). The molecule has 6 nitrogen and oxygen atoms in total. The number of anilines is 2. The molecule has 0 bridgehead atoms. The van der Waals surface area contributed by atoms with Crippen molar-refractivity contribution in [2.24, 2.45) is 0 Å². The smallest absolute Gasteiger partial charge is 0.258 e. The Morgan fingerprint density at radius 2 is 1.71 bits per heavy atom. The average molecular weight is 550 g/mol. The van der Waals surface area contributed by atoms with Crippen molar-refractivity contribution in [2.45, 2.75) is 70.4 Å². The van der Waals surface area contributed by atoms with E-state index in [4.69, 9.17) is 4.74 Å². The van der Waals surface area contributed by atoms with Crippen molar-refractivity contribution in [1.82, 2.24) is 4.90 Å². The largest absolute Gasteiger partial charge is 0.492 e. The molecule has 6 heteroatoms. The first-order valence-electron chi connectivity index (χ1n) is 15.1. The van der Waals surface area contributed by atoms with Crippen molar-refractivity contribution in [3.63, 3.8) is 0 Å². The van der Waals surface area contributed by atoms with E-state index >= 15 is 0 Å².